The number of amides is 1. The molecule has 2 aliphatic heterocycles. The lowest BCUT2D eigenvalue weighted by atomic mass is 9.96. The first-order valence-corrected chi connectivity index (χ1v) is 12.8. The van der Waals surface area contributed by atoms with Crippen LogP contribution in [0.3, 0.4) is 0 Å². The van der Waals surface area contributed by atoms with Gasteiger partial charge in [-0.2, -0.15) is 0 Å². The van der Waals surface area contributed by atoms with Crippen LogP contribution >= 0.6 is 0 Å². The number of nitrogens with zero attached hydrogens (tertiary/aromatic N) is 1. The molecule has 0 radical (unpaired) electrons. The van der Waals surface area contributed by atoms with Gasteiger partial charge < -0.3 is 14.4 Å². The fraction of sp³-hybridized carbons (Fsp3) is 0.458. The maximum absolute atomic E-state index is 13.2. The Bertz CT molecular complexity index is 1070. The summed E-state index contributed by atoms with van der Waals surface area (Å²) >= 11 is 0. The third-order valence-corrected chi connectivity index (χ3v) is 7.59. The zero-order chi connectivity index (χ0) is 22.7. The lowest BCUT2D eigenvalue weighted by molar-refractivity contribution is -0.144. The average Bonchev–Trinajstić information content (AvgIpc) is 3.17. The van der Waals surface area contributed by atoms with Gasteiger partial charge in [0.2, 0.25) is 10.0 Å². The molecule has 0 aromatic heterocycles. The second-order valence-corrected chi connectivity index (χ2v) is 10.3. The Hall–Kier alpha value is -2.42. The third kappa shape index (κ3) is 4.98. The van der Waals surface area contributed by atoms with Gasteiger partial charge in [-0.15, -0.1) is 0 Å². The van der Waals surface area contributed by atoms with Crippen LogP contribution in [0.25, 0.3) is 11.1 Å². The summed E-state index contributed by atoms with van der Waals surface area (Å²) in [5.74, 6) is 0.651. The van der Waals surface area contributed by atoms with Gasteiger partial charge in [0, 0.05) is 18.2 Å². The van der Waals surface area contributed by atoms with E-state index in [0.29, 0.717) is 26.0 Å². The van der Waals surface area contributed by atoms with Crippen LogP contribution in [0, 0.1) is 0 Å². The number of carbonyl (C=O) groups excluding carboxylic acids is 1. The van der Waals surface area contributed by atoms with Crippen molar-refractivity contribution in [1.29, 1.82) is 0 Å². The SMILES string of the molecule is CCS(=O)(=O)NC1CCN2C(=O)[C@@H](C)OCCOc3ccccc3-c3cccc(c3)CC12. The molecule has 32 heavy (non-hydrogen) atoms. The maximum atomic E-state index is 13.2. The van der Waals surface area contributed by atoms with E-state index in [2.05, 4.69) is 10.8 Å². The van der Waals surface area contributed by atoms with Gasteiger partial charge in [-0.25, -0.2) is 13.1 Å². The van der Waals surface area contributed by atoms with Gasteiger partial charge in [0.1, 0.15) is 18.5 Å². The van der Waals surface area contributed by atoms with Crippen molar-refractivity contribution in [3.63, 3.8) is 0 Å². The van der Waals surface area contributed by atoms with Crippen molar-refractivity contribution in [2.24, 2.45) is 0 Å². The van der Waals surface area contributed by atoms with Crippen LogP contribution in [0.2, 0.25) is 0 Å². The van der Waals surface area contributed by atoms with Gasteiger partial charge in [0.05, 0.1) is 18.4 Å². The van der Waals surface area contributed by atoms with Crippen molar-refractivity contribution in [2.75, 3.05) is 25.5 Å². The van der Waals surface area contributed by atoms with Gasteiger partial charge in [-0.1, -0.05) is 42.5 Å². The molecule has 1 fully saturated rings. The minimum absolute atomic E-state index is 0.00987. The molecular weight excluding hydrogens is 428 g/mol. The van der Waals surface area contributed by atoms with E-state index in [0.717, 1.165) is 22.4 Å². The zero-order valence-corrected chi connectivity index (χ0v) is 19.3. The molecule has 4 rings (SSSR count). The normalized spacial score (nSPS) is 24.2. The van der Waals surface area contributed by atoms with Gasteiger partial charge in [0.25, 0.3) is 5.91 Å². The Morgan fingerprint density at radius 3 is 2.75 bits per heavy atom. The lowest BCUT2D eigenvalue weighted by Gasteiger charge is -2.31. The molecule has 2 heterocycles. The molecule has 1 amide bonds. The molecule has 0 saturated carbocycles. The standard InChI is InChI=1S/C24H30N2O5S/c1-3-32(28,29)25-21-11-12-26-22(21)16-18-7-6-8-19(15-18)20-9-4-5-10-23(20)31-14-13-30-17(2)24(26)27/h4-10,15,17,21-22,25H,3,11-14,16H2,1-2H3/t17-,21?,22?/m1/s1. The van der Waals surface area contributed by atoms with Crippen LogP contribution in [-0.4, -0.2) is 62.9 Å². The number of fused-ring (bicyclic) bond motifs is 5. The first-order valence-electron chi connectivity index (χ1n) is 11.1. The second-order valence-electron chi connectivity index (χ2n) is 8.28. The van der Waals surface area contributed by atoms with Crippen LogP contribution in [0.15, 0.2) is 48.5 Å². The molecule has 2 aliphatic rings. The Morgan fingerprint density at radius 1 is 1.12 bits per heavy atom. The minimum atomic E-state index is -3.39. The average molecular weight is 459 g/mol. The van der Waals surface area contributed by atoms with Gasteiger partial charge in [-0.3, -0.25) is 4.79 Å². The smallest absolute Gasteiger partial charge is 0.251 e. The van der Waals surface area contributed by atoms with Crippen LogP contribution in [0.4, 0.5) is 0 Å². The summed E-state index contributed by atoms with van der Waals surface area (Å²) in [5.41, 5.74) is 3.04. The number of hydrogen-bond donors (Lipinski definition) is 1. The van der Waals surface area contributed by atoms with Crippen molar-refractivity contribution >= 4 is 15.9 Å². The quantitative estimate of drug-likeness (QED) is 0.764. The lowest BCUT2D eigenvalue weighted by Crippen LogP contribution is -2.50. The van der Waals surface area contributed by atoms with E-state index in [4.69, 9.17) is 9.47 Å². The summed E-state index contributed by atoms with van der Waals surface area (Å²) in [6.07, 6.45) is 0.493. The van der Waals surface area contributed by atoms with Crippen molar-refractivity contribution in [3.05, 3.63) is 54.1 Å². The van der Waals surface area contributed by atoms with Crippen molar-refractivity contribution < 1.29 is 22.7 Å². The highest BCUT2D eigenvalue weighted by Gasteiger charge is 2.40. The monoisotopic (exact) mass is 458 g/mol. The molecule has 7 nitrogen and oxygen atoms in total. The highest BCUT2D eigenvalue weighted by atomic mass is 32.2. The van der Waals surface area contributed by atoms with E-state index < -0.39 is 16.1 Å². The maximum Gasteiger partial charge on any atom is 0.251 e. The Morgan fingerprint density at radius 2 is 1.94 bits per heavy atom. The van der Waals surface area contributed by atoms with Crippen LogP contribution in [-0.2, 0) is 26.0 Å². The Labute approximate surface area is 189 Å². The van der Waals surface area contributed by atoms with Crippen LogP contribution in [0.5, 0.6) is 5.75 Å². The summed E-state index contributed by atoms with van der Waals surface area (Å²) in [5, 5.41) is 0. The van der Waals surface area contributed by atoms with E-state index in [1.54, 1.807) is 18.7 Å². The highest BCUT2D eigenvalue weighted by molar-refractivity contribution is 7.89. The second kappa shape index (κ2) is 9.60. The summed E-state index contributed by atoms with van der Waals surface area (Å²) in [6, 6.07) is 15.4. The number of sulfonamides is 1. The number of ether oxygens (including phenoxy) is 2. The molecule has 8 heteroatoms. The zero-order valence-electron chi connectivity index (χ0n) is 18.5. The van der Waals surface area contributed by atoms with Gasteiger partial charge in [-0.05, 0) is 43.9 Å². The van der Waals surface area contributed by atoms with Crippen LogP contribution in [0.1, 0.15) is 25.8 Å². The fourth-order valence-electron chi connectivity index (χ4n) is 4.45. The highest BCUT2D eigenvalue weighted by Crippen LogP contribution is 2.32. The molecule has 1 N–H and O–H groups in total. The van der Waals surface area contributed by atoms with E-state index in [-0.39, 0.29) is 30.4 Å². The fourth-order valence-corrected chi connectivity index (χ4v) is 5.35. The first kappa shape index (κ1) is 22.8. The molecule has 0 aliphatic carbocycles. The van der Waals surface area contributed by atoms with Gasteiger partial charge in [0.15, 0.2) is 0 Å². The third-order valence-electron chi connectivity index (χ3n) is 6.17. The topological polar surface area (TPSA) is 84.9 Å². The molecule has 3 atom stereocenters. The molecule has 2 bridgehead atoms. The first-order chi connectivity index (χ1) is 15.4. The number of nitrogens with one attached hydrogen (secondary N) is 1. The summed E-state index contributed by atoms with van der Waals surface area (Å²) < 4.78 is 39.1. The molecule has 1 saturated heterocycles. The Kier molecular flexibility index (Phi) is 6.83. The van der Waals surface area contributed by atoms with Crippen molar-refractivity contribution in [3.8, 4) is 16.9 Å². The van der Waals surface area contributed by atoms with E-state index in [1.807, 2.05) is 42.5 Å². The van der Waals surface area contributed by atoms with Crippen molar-refractivity contribution in [1.82, 2.24) is 9.62 Å². The summed E-state index contributed by atoms with van der Waals surface area (Å²) in [7, 11) is -3.39. The molecule has 2 unspecified atom stereocenters. The van der Waals surface area contributed by atoms with E-state index in [9.17, 15) is 13.2 Å². The van der Waals surface area contributed by atoms with E-state index in [1.165, 1.54) is 0 Å². The Balaban J connectivity index is 1.72. The predicted octanol–water partition coefficient (Wildman–Crippen LogP) is 2.60. The predicted molar refractivity (Wildman–Crippen MR) is 123 cm³/mol. The van der Waals surface area contributed by atoms with Gasteiger partial charge >= 0.3 is 0 Å². The largest absolute Gasteiger partial charge is 0.491 e. The summed E-state index contributed by atoms with van der Waals surface area (Å²) in [4.78, 5) is 15.0. The number of carbonyl (C=O) groups is 1. The number of para-hydroxylation sites is 1. The number of benzene rings is 2. The molecule has 172 valence electrons. The summed E-state index contributed by atoms with van der Waals surface area (Å²) in [6.45, 7) is 4.46. The minimum Gasteiger partial charge on any atom is -0.491 e. The molecule has 2 aromatic carbocycles. The number of rotatable bonds is 3. The number of hydrogen-bond acceptors (Lipinski definition) is 5. The van der Waals surface area contributed by atoms with Crippen molar-refractivity contribution in [2.45, 2.75) is 44.9 Å². The van der Waals surface area contributed by atoms with Crippen LogP contribution < -0.4 is 9.46 Å². The molecule has 0 spiro atoms. The van der Waals surface area contributed by atoms with E-state index >= 15 is 0 Å². The molecular formula is C24H30N2O5S. The molecule has 2 aromatic rings.